The van der Waals surface area contributed by atoms with Gasteiger partial charge in [-0.05, 0) is 43.9 Å². The maximum atomic E-state index is 10.8. The van der Waals surface area contributed by atoms with E-state index < -0.39 is 8.32 Å². The van der Waals surface area contributed by atoms with Gasteiger partial charge in [-0.2, -0.15) is 0 Å². The van der Waals surface area contributed by atoms with Crippen LogP contribution in [0.15, 0.2) is 30.8 Å². The Bertz CT molecular complexity index is 415. The van der Waals surface area contributed by atoms with Crippen molar-refractivity contribution in [3.8, 4) is 5.75 Å². The van der Waals surface area contributed by atoms with E-state index in [0.717, 1.165) is 5.56 Å². The topological polar surface area (TPSA) is 35.5 Å². The number of hydrogen-bond acceptors (Lipinski definition) is 3. The van der Waals surface area contributed by atoms with Crippen LogP contribution in [0.1, 0.15) is 12.5 Å². The van der Waals surface area contributed by atoms with E-state index in [2.05, 4.69) is 26.2 Å². The van der Waals surface area contributed by atoms with Crippen LogP contribution in [-0.2, 0) is 9.22 Å². The highest BCUT2D eigenvalue weighted by Gasteiger charge is 2.17. The molecule has 0 saturated heterocycles. The van der Waals surface area contributed by atoms with Crippen LogP contribution in [0, 0.1) is 0 Å². The van der Waals surface area contributed by atoms with Crippen LogP contribution in [0.3, 0.4) is 0 Å². The fraction of sp³-hybridized carbons (Fsp3) is 0.308. The van der Waals surface area contributed by atoms with Crippen LogP contribution in [0.2, 0.25) is 19.6 Å². The number of esters is 1. The molecule has 0 spiro atoms. The Morgan fingerprint density at radius 1 is 1.18 bits per heavy atom. The van der Waals surface area contributed by atoms with E-state index in [1.165, 1.54) is 6.92 Å². The second-order valence-electron chi connectivity index (χ2n) is 4.76. The Morgan fingerprint density at radius 2 is 1.71 bits per heavy atom. The van der Waals surface area contributed by atoms with Crippen molar-refractivity contribution < 1.29 is 14.0 Å². The normalized spacial score (nSPS) is 10.8. The zero-order chi connectivity index (χ0) is 13.1. The lowest BCUT2D eigenvalue weighted by Gasteiger charge is -2.21. The first-order chi connectivity index (χ1) is 7.78. The molecule has 0 aliphatic heterocycles. The van der Waals surface area contributed by atoms with Gasteiger partial charge in [0.15, 0.2) is 0 Å². The second-order valence-corrected chi connectivity index (χ2v) is 9.18. The molecule has 0 heterocycles. The van der Waals surface area contributed by atoms with E-state index in [9.17, 15) is 4.79 Å². The summed E-state index contributed by atoms with van der Waals surface area (Å²) in [6.45, 7) is 11.6. The van der Waals surface area contributed by atoms with E-state index in [1.54, 1.807) is 12.1 Å². The monoisotopic (exact) mass is 250 g/mol. The molecule has 1 rings (SSSR count). The van der Waals surface area contributed by atoms with Crippen molar-refractivity contribution in [3.63, 3.8) is 0 Å². The number of ether oxygens (including phenoxy) is 1. The highest BCUT2D eigenvalue weighted by atomic mass is 28.4. The summed E-state index contributed by atoms with van der Waals surface area (Å²) in [5, 5.41) is 0. The van der Waals surface area contributed by atoms with Crippen molar-refractivity contribution in [2.75, 3.05) is 0 Å². The minimum atomic E-state index is -1.63. The first kappa shape index (κ1) is 13.5. The predicted octanol–water partition coefficient (Wildman–Crippen LogP) is 3.43. The van der Waals surface area contributed by atoms with Gasteiger partial charge in [0.05, 0.1) is 0 Å². The molecule has 0 aliphatic rings. The summed E-state index contributed by atoms with van der Waals surface area (Å²) in [6, 6.07) is 7.13. The number of rotatable bonds is 4. The van der Waals surface area contributed by atoms with Crippen molar-refractivity contribution in [1.29, 1.82) is 0 Å². The third kappa shape index (κ3) is 4.87. The van der Waals surface area contributed by atoms with E-state index in [-0.39, 0.29) is 5.97 Å². The Balaban J connectivity index is 2.74. The molecule has 0 amide bonds. The molecule has 0 N–H and O–H groups in total. The minimum absolute atomic E-state index is 0.324. The second kappa shape index (κ2) is 5.18. The summed E-state index contributed by atoms with van der Waals surface area (Å²) in [5.74, 6) is 0.871. The molecule has 0 unspecified atom stereocenters. The van der Waals surface area contributed by atoms with Crippen molar-refractivity contribution in [2.45, 2.75) is 26.6 Å². The Labute approximate surface area is 103 Å². The number of benzene rings is 1. The van der Waals surface area contributed by atoms with Gasteiger partial charge >= 0.3 is 5.97 Å². The van der Waals surface area contributed by atoms with Crippen LogP contribution >= 0.6 is 0 Å². The maximum Gasteiger partial charge on any atom is 0.308 e. The van der Waals surface area contributed by atoms with Crippen molar-refractivity contribution >= 4 is 20.0 Å². The molecule has 0 fully saturated rings. The largest absolute Gasteiger partial charge is 0.544 e. The number of carbonyl (C=O) groups excluding carboxylic acids is 1. The van der Waals surface area contributed by atoms with Gasteiger partial charge in [-0.25, -0.2) is 0 Å². The summed E-state index contributed by atoms with van der Waals surface area (Å²) in [5.41, 5.74) is 0.906. The molecular formula is C13H18O3Si. The maximum absolute atomic E-state index is 10.8. The average molecular weight is 250 g/mol. The molecule has 0 bridgehead atoms. The molecule has 3 nitrogen and oxygen atoms in total. The van der Waals surface area contributed by atoms with Crippen LogP contribution < -0.4 is 4.74 Å². The van der Waals surface area contributed by atoms with Crippen molar-refractivity contribution in [2.24, 2.45) is 0 Å². The molecule has 92 valence electrons. The lowest BCUT2D eigenvalue weighted by Crippen LogP contribution is -2.24. The van der Waals surface area contributed by atoms with Gasteiger partial charge in [-0.15, -0.1) is 0 Å². The molecule has 0 saturated carbocycles. The summed E-state index contributed by atoms with van der Waals surface area (Å²) in [4.78, 5) is 10.8. The molecule has 1 aromatic carbocycles. The molecular weight excluding hydrogens is 232 g/mol. The van der Waals surface area contributed by atoms with Gasteiger partial charge in [0, 0.05) is 12.5 Å². The van der Waals surface area contributed by atoms with E-state index in [4.69, 9.17) is 9.16 Å². The summed E-state index contributed by atoms with van der Waals surface area (Å²) in [7, 11) is -1.63. The molecule has 0 aromatic heterocycles. The average Bonchev–Trinajstić information content (AvgIpc) is 2.15. The Hall–Kier alpha value is -1.55. The van der Waals surface area contributed by atoms with Crippen LogP contribution in [0.25, 0.3) is 5.76 Å². The zero-order valence-corrected chi connectivity index (χ0v) is 11.7. The lowest BCUT2D eigenvalue weighted by molar-refractivity contribution is -0.131. The number of hydrogen-bond donors (Lipinski definition) is 0. The zero-order valence-electron chi connectivity index (χ0n) is 10.7. The Morgan fingerprint density at radius 3 is 2.12 bits per heavy atom. The molecule has 0 atom stereocenters. The third-order valence-corrected chi connectivity index (χ3v) is 2.73. The van der Waals surface area contributed by atoms with Crippen LogP contribution in [-0.4, -0.2) is 14.3 Å². The smallest absolute Gasteiger partial charge is 0.308 e. The molecule has 0 aliphatic carbocycles. The van der Waals surface area contributed by atoms with Crippen molar-refractivity contribution in [1.82, 2.24) is 0 Å². The summed E-state index contributed by atoms with van der Waals surface area (Å²) in [6.07, 6.45) is 0. The van der Waals surface area contributed by atoms with E-state index in [1.807, 2.05) is 12.1 Å². The SMILES string of the molecule is C=C(O[Si](C)(C)C)c1ccc(OC(C)=O)cc1. The quantitative estimate of drug-likeness (QED) is 0.355. The van der Waals surface area contributed by atoms with Gasteiger partial charge in [0.1, 0.15) is 11.5 Å². The third-order valence-electron chi connectivity index (χ3n) is 1.87. The summed E-state index contributed by atoms with van der Waals surface area (Å²) < 4.78 is 10.7. The fourth-order valence-corrected chi connectivity index (χ4v) is 2.16. The first-order valence-electron chi connectivity index (χ1n) is 5.45. The Kier molecular flexibility index (Phi) is 4.12. The molecule has 0 radical (unpaired) electrons. The van der Waals surface area contributed by atoms with Gasteiger partial charge < -0.3 is 9.16 Å². The first-order valence-corrected chi connectivity index (χ1v) is 8.85. The van der Waals surface area contributed by atoms with Crippen LogP contribution in [0.4, 0.5) is 0 Å². The van der Waals surface area contributed by atoms with Gasteiger partial charge in [-0.3, -0.25) is 4.79 Å². The predicted molar refractivity (Wildman–Crippen MR) is 71.2 cm³/mol. The van der Waals surface area contributed by atoms with Gasteiger partial charge in [0.2, 0.25) is 8.32 Å². The minimum Gasteiger partial charge on any atom is -0.544 e. The van der Waals surface area contributed by atoms with Crippen molar-refractivity contribution in [3.05, 3.63) is 36.4 Å². The highest BCUT2D eigenvalue weighted by molar-refractivity contribution is 6.70. The number of carbonyl (C=O) groups is 1. The van der Waals surface area contributed by atoms with Crippen LogP contribution in [0.5, 0.6) is 5.75 Å². The summed E-state index contributed by atoms with van der Waals surface area (Å²) >= 11 is 0. The molecule has 1 aromatic rings. The standard InChI is InChI=1S/C13H18O3Si/c1-10(16-17(3,4)5)12-6-8-13(9-7-12)15-11(2)14/h6-9H,1H2,2-5H3. The van der Waals surface area contributed by atoms with E-state index >= 15 is 0 Å². The van der Waals surface area contributed by atoms with Gasteiger partial charge in [0.25, 0.3) is 0 Å². The lowest BCUT2D eigenvalue weighted by atomic mass is 10.2. The molecule has 17 heavy (non-hydrogen) atoms. The molecule has 4 heteroatoms. The fourth-order valence-electron chi connectivity index (χ4n) is 1.30. The van der Waals surface area contributed by atoms with Gasteiger partial charge in [-0.1, -0.05) is 6.58 Å². The highest BCUT2D eigenvalue weighted by Crippen LogP contribution is 2.21. The van der Waals surface area contributed by atoms with E-state index in [0.29, 0.717) is 11.5 Å².